The van der Waals surface area contributed by atoms with E-state index >= 15 is 0 Å². The van der Waals surface area contributed by atoms with Crippen LogP contribution >= 0.6 is 0 Å². The summed E-state index contributed by atoms with van der Waals surface area (Å²) in [7, 11) is 0. The van der Waals surface area contributed by atoms with Gasteiger partial charge in [-0.05, 0) is 42.7 Å². The second-order valence-corrected chi connectivity index (χ2v) is 8.66. The second-order valence-electron chi connectivity index (χ2n) is 8.66. The molecule has 0 aliphatic carbocycles. The Labute approximate surface area is 222 Å². The molecule has 0 saturated heterocycles. The third kappa shape index (κ3) is 6.03. The highest BCUT2D eigenvalue weighted by Crippen LogP contribution is 2.41. The molecule has 1 amide bonds. The number of amides is 1. The number of aryl methyl sites for hydroxylation is 1. The first kappa shape index (κ1) is 26.5. The van der Waals surface area contributed by atoms with Crippen LogP contribution in [0.15, 0.2) is 97.3 Å². The largest absolute Gasteiger partial charge is 0.503 e. The van der Waals surface area contributed by atoms with Gasteiger partial charge in [-0.15, -0.1) is 0 Å². The first-order valence-corrected chi connectivity index (χ1v) is 12.5. The number of benzene rings is 2. The van der Waals surface area contributed by atoms with Crippen LogP contribution in [0.3, 0.4) is 0 Å². The minimum absolute atomic E-state index is 0.0343. The summed E-state index contributed by atoms with van der Waals surface area (Å²) in [6, 6.07) is 13.9. The summed E-state index contributed by atoms with van der Waals surface area (Å²) in [5.74, 6) is -0.550. The van der Waals surface area contributed by atoms with E-state index < -0.39 is 23.5 Å². The molecule has 3 aromatic rings. The summed E-state index contributed by atoms with van der Waals surface area (Å²) in [6.07, 6.45) is 10.5. The van der Waals surface area contributed by atoms with Crippen molar-refractivity contribution in [3.8, 4) is 11.5 Å². The minimum atomic E-state index is -0.786. The fraction of sp³-hybridized carbons (Fsp3) is 0.233. The Bertz CT molecular complexity index is 1330. The predicted molar refractivity (Wildman–Crippen MR) is 145 cm³/mol. The van der Waals surface area contributed by atoms with Crippen LogP contribution in [0.1, 0.15) is 30.5 Å². The molecule has 0 saturated carbocycles. The lowest BCUT2D eigenvalue weighted by Crippen LogP contribution is -2.32. The summed E-state index contributed by atoms with van der Waals surface area (Å²) in [4.78, 5) is 32.2. The Morgan fingerprint density at radius 3 is 2.66 bits per heavy atom. The van der Waals surface area contributed by atoms with E-state index in [1.807, 2.05) is 48.0 Å². The molecule has 1 aromatic heterocycles. The standard InChI is InChI=1S/C30H31N3O5/c1-3-19-38-25-14-12-23(20-26(25)37-4-2)28-27(24(34)13-11-22-9-6-5-7-10-22)29(35)30(36)33(28)17-8-16-32-18-15-31-21-32/h3,5-7,9-15,18,20-21,28,35H,1,4,8,16-17,19H2,2H3/b13-11+. The zero-order chi connectivity index (χ0) is 26.9. The Hall–Kier alpha value is -4.59. The van der Waals surface area contributed by atoms with Gasteiger partial charge < -0.3 is 24.0 Å². The highest BCUT2D eigenvalue weighted by Gasteiger charge is 2.42. The lowest BCUT2D eigenvalue weighted by atomic mass is 9.95. The lowest BCUT2D eigenvalue weighted by molar-refractivity contribution is -0.129. The van der Waals surface area contributed by atoms with Crippen LogP contribution in [0, 0.1) is 0 Å². The SMILES string of the molecule is C=CCOc1ccc(C2C(C(=O)/C=C/c3ccccc3)=C(O)C(=O)N2CCCn2ccnc2)cc1OCC. The van der Waals surface area contributed by atoms with Crippen LogP contribution in [-0.2, 0) is 16.1 Å². The van der Waals surface area contributed by atoms with E-state index in [1.165, 1.54) is 11.0 Å². The Morgan fingerprint density at radius 1 is 1.13 bits per heavy atom. The van der Waals surface area contributed by atoms with Gasteiger partial charge in [0.05, 0.1) is 24.5 Å². The predicted octanol–water partition coefficient (Wildman–Crippen LogP) is 4.91. The Morgan fingerprint density at radius 2 is 1.95 bits per heavy atom. The van der Waals surface area contributed by atoms with E-state index in [9.17, 15) is 14.7 Å². The van der Waals surface area contributed by atoms with E-state index in [0.29, 0.717) is 49.8 Å². The van der Waals surface area contributed by atoms with Gasteiger partial charge in [0.25, 0.3) is 5.91 Å². The molecule has 1 atom stereocenters. The number of allylic oxidation sites excluding steroid dienone is 1. The van der Waals surface area contributed by atoms with Crippen LogP contribution in [0.25, 0.3) is 6.08 Å². The van der Waals surface area contributed by atoms with Crippen molar-refractivity contribution in [3.05, 3.63) is 108 Å². The van der Waals surface area contributed by atoms with Crippen molar-refractivity contribution in [2.24, 2.45) is 0 Å². The summed E-state index contributed by atoms with van der Waals surface area (Å²) in [5, 5.41) is 10.9. The maximum Gasteiger partial charge on any atom is 0.290 e. The first-order chi connectivity index (χ1) is 18.5. The van der Waals surface area contributed by atoms with Crippen molar-refractivity contribution >= 4 is 17.8 Å². The number of hydrogen-bond donors (Lipinski definition) is 1. The van der Waals surface area contributed by atoms with Crippen molar-refractivity contribution in [3.63, 3.8) is 0 Å². The molecular weight excluding hydrogens is 482 g/mol. The summed E-state index contributed by atoms with van der Waals surface area (Å²) in [5.41, 5.74) is 1.50. The number of rotatable bonds is 13. The van der Waals surface area contributed by atoms with Gasteiger partial charge in [-0.2, -0.15) is 0 Å². The molecule has 4 rings (SSSR count). The van der Waals surface area contributed by atoms with Gasteiger partial charge in [-0.25, -0.2) is 4.98 Å². The maximum absolute atomic E-state index is 13.4. The third-order valence-corrected chi connectivity index (χ3v) is 6.11. The highest BCUT2D eigenvalue weighted by atomic mass is 16.5. The van der Waals surface area contributed by atoms with E-state index in [0.717, 1.165) is 5.56 Å². The average molecular weight is 514 g/mol. The fourth-order valence-electron chi connectivity index (χ4n) is 4.38. The summed E-state index contributed by atoms with van der Waals surface area (Å²) < 4.78 is 13.4. The average Bonchev–Trinajstić information content (AvgIpc) is 3.54. The number of aliphatic hydroxyl groups is 1. The zero-order valence-electron chi connectivity index (χ0n) is 21.3. The molecule has 1 unspecified atom stereocenters. The topological polar surface area (TPSA) is 93.9 Å². The molecule has 0 bridgehead atoms. The number of hydrogen-bond acceptors (Lipinski definition) is 6. The molecule has 196 valence electrons. The number of ketones is 1. The molecule has 2 aromatic carbocycles. The van der Waals surface area contributed by atoms with Crippen molar-refractivity contribution < 1.29 is 24.2 Å². The van der Waals surface area contributed by atoms with Gasteiger partial charge in [-0.1, -0.05) is 55.1 Å². The zero-order valence-corrected chi connectivity index (χ0v) is 21.3. The van der Waals surface area contributed by atoms with E-state index in [4.69, 9.17) is 9.47 Å². The van der Waals surface area contributed by atoms with E-state index in [1.54, 1.807) is 42.9 Å². The molecule has 1 N–H and O–H groups in total. The number of carbonyl (C=O) groups is 2. The van der Waals surface area contributed by atoms with Crippen LogP contribution in [0.2, 0.25) is 0 Å². The highest BCUT2D eigenvalue weighted by molar-refractivity contribution is 6.14. The molecule has 8 nitrogen and oxygen atoms in total. The summed E-state index contributed by atoms with van der Waals surface area (Å²) in [6.45, 7) is 7.20. The molecule has 8 heteroatoms. The van der Waals surface area contributed by atoms with Gasteiger partial charge in [0.2, 0.25) is 0 Å². The third-order valence-electron chi connectivity index (χ3n) is 6.11. The number of imidazole rings is 1. The van der Waals surface area contributed by atoms with Crippen LogP contribution in [-0.4, -0.2) is 51.0 Å². The number of ether oxygens (including phenoxy) is 2. The molecule has 2 heterocycles. The molecule has 38 heavy (non-hydrogen) atoms. The number of aliphatic hydroxyl groups excluding tert-OH is 1. The van der Waals surface area contributed by atoms with Crippen molar-refractivity contribution in [1.29, 1.82) is 0 Å². The molecule has 1 aliphatic rings. The van der Waals surface area contributed by atoms with Gasteiger partial charge in [0, 0.05) is 25.5 Å². The first-order valence-electron chi connectivity index (χ1n) is 12.5. The lowest BCUT2D eigenvalue weighted by Gasteiger charge is -2.27. The smallest absolute Gasteiger partial charge is 0.290 e. The van der Waals surface area contributed by atoms with Gasteiger partial charge in [-0.3, -0.25) is 9.59 Å². The number of nitrogens with zero attached hydrogens (tertiary/aromatic N) is 3. The second kappa shape index (κ2) is 12.6. The number of carbonyl (C=O) groups excluding carboxylic acids is 2. The normalized spacial score (nSPS) is 15.3. The van der Waals surface area contributed by atoms with E-state index in [2.05, 4.69) is 11.6 Å². The van der Waals surface area contributed by atoms with Crippen molar-refractivity contribution in [2.45, 2.75) is 25.9 Å². The quantitative estimate of drug-likeness (QED) is 0.258. The van der Waals surface area contributed by atoms with Gasteiger partial charge in [0.1, 0.15) is 6.61 Å². The van der Waals surface area contributed by atoms with Gasteiger partial charge in [0.15, 0.2) is 23.0 Å². The Balaban J connectivity index is 1.68. The molecule has 1 aliphatic heterocycles. The van der Waals surface area contributed by atoms with Crippen molar-refractivity contribution in [1.82, 2.24) is 14.5 Å². The minimum Gasteiger partial charge on any atom is -0.503 e. The molecule has 0 spiro atoms. The Kier molecular flexibility index (Phi) is 8.77. The summed E-state index contributed by atoms with van der Waals surface area (Å²) >= 11 is 0. The molecule has 0 fully saturated rings. The van der Waals surface area contributed by atoms with E-state index in [-0.39, 0.29) is 5.57 Å². The van der Waals surface area contributed by atoms with Crippen LogP contribution < -0.4 is 9.47 Å². The monoisotopic (exact) mass is 513 g/mol. The molecular formula is C30H31N3O5. The van der Waals surface area contributed by atoms with Gasteiger partial charge >= 0.3 is 0 Å². The maximum atomic E-state index is 13.4. The fourth-order valence-corrected chi connectivity index (χ4v) is 4.38. The van der Waals surface area contributed by atoms with Crippen LogP contribution in [0.4, 0.5) is 0 Å². The molecule has 0 radical (unpaired) electrons. The van der Waals surface area contributed by atoms with Crippen molar-refractivity contribution in [2.75, 3.05) is 19.8 Å². The van der Waals surface area contributed by atoms with Crippen LogP contribution in [0.5, 0.6) is 11.5 Å². The number of aromatic nitrogens is 2.